The van der Waals surface area contributed by atoms with E-state index in [1.54, 1.807) is 55.5 Å². The number of hydrogen-bond donors (Lipinski definition) is 1. The second kappa shape index (κ2) is 7.92. The van der Waals surface area contributed by atoms with Gasteiger partial charge in [-0.25, -0.2) is 8.78 Å². The molecular weight excluding hydrogens is 404 g/mol. The van der Waals surface area contributed by atoms with Crippen molar-refractivity contribution >= 4 is 11.8 Å². The van der Waals surface area contributed by atoms with Gasteiger partial charge in [-0.2, -0.15) is 0 Å². The van der Waals surface area contributed by atoms with Gasteiger partial charge in [0.1, 0.15) is 11.6 Å². The van der Waals surface area contributed by atoms with Crippen LogP contribution in [0.5, 0.6) is 11.5 Å². The summed E-state index contributed by atoms with van der Waals surface area (Å²) in [6, 6.07) is 16.0. The summed E-state index contributed by atoms with van der Waals surface area (Å²) in [7, 11) is 0. The van der Waals surface area contributed by atoms with Crippen LogP contribution in [0.1, 0.15) is 39.6 Å². The van der Waals surface area contributed by atoms with Gasteiger partial charge in [0.15, 0.2) is 11.6 Å². The van der Waals surface area contributed by atoms with E-state index in [9.17, 15) is 23.5 Å². The number of benzene rings is 3. The summed E-state index contributed by atoms with van der Waals surface area (Å²) in [6.07, 6.45) is 0.130. The van der Waals surface area contributed by atoms with Crippen molar-refractivity contribution < 1.29 is 28.2 Å². The molecule has 1 N–H and O–H groups in total. The van der Waals surface area contributed by atoms with E-state index in [2.05, 4.69) is 0 Å². The number of imide groups is 1. The molecule has 1 atom stereocenters. The van der Waals surface area contributed by atoms with E-state index in [1.165, 1.54) is 6.07 Å². The van der Waals surface area contributed by atoms with Crippen LogP contribution in [0.15, 0.2) is 66.7 Å². The quantitative estimate of drug-likeness (QED) is 0.586. The fraction of sp³-hybridized carbons (Fsp3) is 0.167. The fourth-order valence-corrected chi connectivity index (χ4v) is 3.48. The summed E-state index contributed by atoms with van der Waals surface area (Å²) in [6.45, 7) is 1.64. The highest BCUT2D eigenvalue weighted by molar-refractivity contribution is 6.21. The lowest BCUT2D eigenvalue weighted by atomic mass is 9.92. The Balaban J connectivity index is 1.43. The van der Waals surface area contributed by atoms with Crippen LogP contribution in [0.25, 0.3) is 0 Å². The SMILES string of the molecule is CC(O)(CCN1C(=O)c2ccccc2C1=O)c1ccc(Oc2ccc(F)cc2F)cc1. The van der Waals surface area contributed by atoms with E-state index in [0.717, 1.165) is 17.0 Å². The lowest BCUT2D eigenvalue weighted by molar-refractivity contribution is 0.0339. The van der Waals surface area contributed by atoms with Crippen molar-refractivity contribution in [2.45, 2.75) is 18.9 Å². The third-order valence-corrected chi connectivity index (χ3v) is 5.30. The molecule has 3 aromatic rings. The first-order chi connectivity index (χ1) is 14.8. The van der Waals surface area contributed by atoms with Crippen molar-refractivity contribution in [2.75, 3.05) is 6.54 Å². The molecule has 7 heteroatoms. The van der Waals surface area contributed by atoms with Crippen molar-refractivity contribution in [3.63, 3.8) is 0 Å². The Morgan fingerprint density at radius 3 is 2.13 bits per heavy atom. The average molecular weight is 423 g/mol. The largest absolute Gasteiger partial charge is 0.454 e. The zero-order valence-electron chi connectivity index (χ0n) is 16.6. The summed E-state index contributed by atoms with van der Waals surface area (Å²) in [4.78, 5) is 26.1. The maximum Gasteiger partial charge on any atom is 0.261 e. The Kier molecular flexibility index (Phi) is 5.29. The molecule has 4 rings (SSSR count). The molecule has 1 heterocycles. The maximum atomic E-state index is 13.8. The van der Waals surface area contributed by atoms with Gasteiger partial charge in [-0.3, -0.25) is 14.5 Å². The standard InChI is InChI=1S/C24H19F2NO4/c1-24(30,12-13-27-22(28)18-4-2-3-5-19(18)23(27)29)15-6-9-17(10-7-15)31-21-11-8-16(25)14-20(21)26/h2-11,14,30H,12-13H2,1H3. The van der Waals surface area contributed by atoms with Gasteiger partial charge in [0.25, 0.3) is 11.8 Å². The minimum atomic E-state index is -1.32. The number of ether oxygens (including phenoxy) is 1. The monoisotopic (exact) mass is 423 g/mol. The topological polar surface area (TPSA) is 66.8 Å². The second-order valence-corrected chi connectivity index (χ2v) is 7.53. The third kappa shape index (κ3) is 4.04. The number of fused-ring (bicyclic) bond motifs is 1. The Labute approximate surface area is 177 Å². The summed E-state index contributed by atoms with van der Waals surface area (Å²) >= 11 is 0. The van der Waals surface area contributed by atoms with Crippen LogP contribution < -0.4 is 4.74 Å². The molecule has 0 spiro atoms. The van der Waals surface area contributed by atoms with Crippen LogP contribution in [0.3, 0.4) is 0 Å². The molecule has 0 fully saturated rings. The van der Waals surface area contributed by atoms with Crippen molar-refractivity contribution in [3.8, 4) is 11.5 Å². The molecule has 158 valence electrons. The van der Waals surface area contributed by atoms with Gasteiger partial charge in [-0.05, 0) is 55.3 Å². The first kappa shape index (κ1) is 20.7. The molecule has 1 aliphatic rings. The lowest BCUT2D eigenvalue weighted by Crippen LogP contribution is -2.35. The molecule has 0 saturated heterocycles. The van der Waals surface area contributed by atoms with Crippen LogP contribution in [-0.4, -0.2) is 28.4 Å². The summed E-state index contributed by atoms with van der Waals surface area (Å²) in [5.74, 6) is -2.08. The highest BCUT2D eigenvalue weighted by atomic mass is 19.1. The van der Waals surface area contributed by atoms with Crippen LogP contribution in [0, 0.1) is 11.6 Å². The van der Waals surface area contributed by atoms with E-state index >= 15 is 0 Å². The van der Waals surface area contributed by atoms with Gasteiger partial charge < -0.3 is 9.84 Å². The molecular formula is C24H19F2NO4. The first-order valence-corrected chi connectivity index (χ1v) is 9.67. The number of halogens is 2. The predicted molar refractivity (Wildman–Crippen MR) is 109 cm³/mol. The minimum Gasteiger partial charge on any atom is -0.454 e. The fourth-order valence-electron chi connectivity index (χ4n) is 3.48. The normalized spacial score (nSPS) is 15.0. The predicted octanol–water partition coefficient (Wildman–Crippen LogP) is 4.65. The number of carbonyl (C=O) groups is 2. The highest BCUT2D eigenvalue weighted by Gasteiger charge is 2.36. The minimum absolute atomic E-state index is 0.0540. The first-order valence-electron chi connectivity index (χ1n) is 9.67. The maximum absolute atomic E-state index is 13.8. The van der Waals surface area contributed by atoms with Crippen LogP contribution in [0.4, 0.5) is 8.78 Å². The Hall–Kier alpha value is -3.58. The molecule has 2 amide bonds. The van der Waals surface area contributed by atoms with Gasteiger partial charge in [0.2, 0.25) is 0 Å². The summed E-state index contributed by atoms with van der Waals surface area (Å²) in [5.41, 5.74) is -0.0611. The third-order valence-electron chi connectivity index (χ3n) is 5.30. The van der Waals surface area contributed by atoms with Crippen molar-refractivity contribution in [1.29, 1.82) is 0 Å². The van der Waals surface area contributed by atoms with Gasteiger partial charge in [0, 0.05) is 12.6 Å². The number of aliphatic hydroxyl groups is 1. The van der Waals surface area contributed by atoms with E-state index in [-0.39, 0.29) is 30.5 Å². The second-order valence-electron chi connectivity index (χ2n) is 7.53. The van der Waals surface area contributed by atoms with Gasteiger partial charge in [-0.15, -0.1) is 0 Å². The molecule has 1 unspecified atom stereocenters. The number of amides is 2. The molecule has 31 heavy (non-hydrogen) atoms. The van der Waals surface area contributed by atoms with Gasteiger partial charge >= 0.3 is 0 Å². The van der Waals surface area contributed by atoms with Crippen molar-refractivity contribution in [3.05, 3.63) is 95.1 Å². The van der Waals surface area contributed by atoms with Crippen molar-refractivity contribution in [1.82, 2.24) is 4.90 Å². The van der Waals surface area contributed by atoms with Crippen LogP contribution in [0.2, 0.25) is 0 Å². The summed E-state index contributed by atoms with van der Waals surface area (Å²) < 4.78 is 32.2. The number of carbonyl (C=O) groups excluding carboxylic acids is 2. The van der Waals surface area contributed by atoms with E-state index in [0.29, 0.717) is 22.4 Å². The van der Waals surface area contributed by atoms with Crippen LogP contribution >= 0.6 is 0 Å². The Bertz CT molecular complexity index is 1120. The molecule has 0 radical (unpaired) electrons. The van der Waals surface area contributed by atoms with Crippen LogP contribution in [-0.2, 0) is 5.60 Å². The molecule has 5 nitrogen and oxygen atoms in total. The average Bonchev–Trinajstić information content (AvgIpc) is 2.99. The number of nitrogens with zero attached hydrogens (tertiary/aromatic N) is 1. The molecule has 1 aliphatic heterocycles. The van der Waals surface area contributed by atoms with Gasteiger partial charge in [0.05, 0.1) is 16.7 Å². The zero-order valence-corrected chi connectivity index (χ0v) is 16.6. The number of rotatable bonds is 6. The molecule has 3 aromatic carbocycles. The highest BCUT2D eigenvalue weighted by Crippen LogP contribution is 2.31. The lowest BCUT2D eigenvalue weighted by Gasteiger charge is -2.26. The van der Waals surface area contributed by atoms with Gasteiger partial charge in [-0.1, -0.05) is 24.3 Å². The number of hydrogen-bond acceptors (Lipinski definition) is 4. The Morgan fingerprint density at radius 1 is 0.935 bits per heavy atom. The Morgan fingerprint density at radius 2 is 1.55 bits per heavy atom. The molecule has 0 saturated carbocycles. The zero-order chi connectivity index (χ0) is 22.2. The van der Waals surface area contributed by atoms with E-state index < -0.39 is 17.2 Å². The molecule has 0 aromatic heterocycles. The van der Waals surface area contributed by atoms with E-state index in [4.69, 9.17) is 4.74 Å². The molecule has 0 aliphatic carbocycles. The van der Waals surface area contributed by atoms with Crippen molar-refractivity contribution in [2.24, 2.45) is 0 Å². The smallest absolute Gasteiger partial charge is 0.261 e. The summed E-state index contributed by atoms with van der Waals surface area (Å²) in [5, 5.41) is 10.9. The molecule has 0 bridgehead atoms. The van der Waals surface area contributed by atoms with E-state index in [1.807, 2.05) is 0 Å².